The minimum absolute atomic E-state index is 0.0428. The van der Waals surface area contributed by atoms with E-state index in [1.807, 2.05) is 17.7 Å². The fourth-order valence-electron chi connectivity index (χ4n) is 2.80. The Morgan fingerprint density at radius 2 is 1.92 bits per heavy atom. The second-order valence-corrected chi connectivity index (χ2v) is 7.02. The first-order chi connectivity index (χ1) is 12.5. The molecule has 0 unspecified atom stereocenters. The molecule has 0 saturated heterocycles. The molecule has 3 aromatic rings. The van der Waals surface area contributed by atoms with Gasteiger partial charge in [0.2, 0.25) is 0 Å². The van der Waals surface area contributed by atoms with Crippen LogP contribution in [0.4, 0.5) is 4.39 Å². The van der Waals surface area contributed by atoms with Crippen LogP contribution in [0.2, 0.25) is 0 Å². The van der Waals surface area contributed by atoms with Gasteiger partial charge in [0.05, 0.1) is 17.1 Å². The number of carbonyl (C=O) groups excluding carboxylic acids is 1. The van der Waals surface area contributed by atoms with Crippen LogP contribution >= 0.6 is 11.3 Å². The Bertz CT molecular complexity index is 946. The van der Waals surface area contributed by atoms with Gasteiger partial charge >= 0.3 is 0 Å². The second-order valence-electron chi connectivity index (χ2n) is 5.99. The molecule has 1 aromatic carbocycles. The van der Waals surface area contributed by atoms with Crippen molar-refractivity contribution in [3.05, 3.63) is 77.6 Å². The smallest absolute Gasteiger partial charge is 0.264 e. The lowest BCUT2D eigenvalue weighted by molar-refractivity contribution is 0.0795. The van der Waals surface area contributed by atoms with E-state index in [-0.39, 0.29) is 11.7 Å². The van der Waals surface area contributed by atoms with Crippen LogP contribution in [0.1, 0.15) is 20.9 Å². The quantitative estimate of drug-likeness (QED) is 0.579. The number of aryl methyl sites for hydroxylation is 1. The molecule has 2 heterocycles. The highest BCUT2D eigenvalue weighted by molar-refractivity contribution is 7.20. The SMILES string of the molecule is C=CCN(CC=C)C(=O)c1cc2c(C)nn(Cc3ccc(F)cc3)c2s1. The van der Waals surface area contributed by atoms with E-state index < -0.39 is 0 Å². The molecule has 0 N–H and O–H groups in total. The Morgan fingerprint density at radius 3 is 2.54 bits per heavy atom. The lowest BCUT2D eigenvalue weighted by atomic mass is 10.2. The molecule has 0 aliphatic rings. The summed E-state index contributed by atoms with van der Waals surface area (Å²) in [6.07, 6.45) is 3.41. The van der Waals surface area contributed by atoms with E-state index >= 15 is 0 Å². The lowest BCUT2D eigenvalue weighted by Crippen LogP contribution is -2.30. The minimum atomic E-state index is -0.260. The average Bonchev–Trinajstić information content (AvgIpc) is 3.18. The first-order valence-corrected chi connectivity index (χ1v) is 9.07. The molecule has 2 aromatic heterocycles. The molecule has 0 fully saturated rings. The van der Waals surface area contributed by atoms with Gasteiger partial charge in [0.15, 0.2) is 0 Å². The predicted octanol–water partition coefficient (Wildman–Crippen LogP) is 4.41. The molecule has 0 aliphatic heterocycles. The summed E-state index contributed by atoms with van der Waals surface area (Å²) >= 11 is 1.42. The number of hydrogen-bond acceptors (Lipinski definition) is 3. The summed E-state index contributed by atoms with van der Waals surface area (Å²) in [5.41, 5.74) is 1.83. The molecule has 0 radical (unpaired) electrons. The van der Waals surface area contributed by atoms with E-state index in [1.165, 1.54) is 23.5 Å². The van der Waals surface area contributed by atoms with Crippen molar-refractivity contribution in [2.75, 3.05) is 13.1 Å². The van der Waals surface area contributed by atoms with E-state index in [0.29, 0.717) is 24.5 Å². The molecule has 0 bridgehead atoms. The van der Waals surface area contributed by atoms with Crippen molar-refractivity contribution in [3.8, 4) is 0 Å². The molecule has 6 heteroatoms. The van der Waals surface area contributed by atoms with Gasteiger partial charge in [0.1, 0.15) is 10.6 Å². The van der Waals surface area contributed by atoms with Crippen LogP contribution in [0.3, 0.4) is 0 Å². The topological polar surface area (TPSA) is 38.1 Å². The molecule has 134 valence electrons. The minimum Gasteiger partial charge on any atom is -0.331 e. The third kappa shape index (κ3) is 3.60. The van der Waals surface area contributed by atoms with Crippen LogP contribution in [0.5, 0.6) is 0 Å². The van der Waals surface area contributed by atoms with Crippen molar-refractivity contribution in [1.82, 2.24) is 14.7 Å². The van der Waals surface area contributed by atoms with Gasteiger partial charge in [-0.05, 0) is 30.7 Å². The summed E-state index contributed by atoms with van der Waals surface area (Å²) in [4.78, 5) is 16.1. The zero-order chi connectivity index (χ0) is 18.7. The zero-order valence-electron chi connectivity index (χ0n) is 14.6. The average molecular weight is 369 g/mol. The summed E-state index contributed by atoms with van der Waals surface area (Å²) in [6, 6.07) is 8.26. The number of amides is 1. The molecule has 0 aliphatic carbocycles. The van der Waals surface area contributed by atoms with Crippen LogP contribution in [-0.4, -0.2) is 33.7 Å². The number of nitrogens with zero attached hydrogens (tertiary/aromatic N) is 3. The number of thiophene rings is 1. The van der Waals surface area contributed by atoms with Crippen molar-refractivity contribution in [2.45, 2.75) is 13.5 Å². The third-order valence-corrected chi connectivity index (χ3v) is 5.19. The number of halogens is 1. The maximum absolute atomic E-state index is 13.1. The Labute approximate surface area is 155 Å². The monoisotopic (exact) mass is 369 g/mol. The summed E-state index contributed by atoms with van der Waals surface area (Å²) < 4.78 is 15.0. The van der Waals surface area contributed by atoms with E-state index in [4.69, 9.17) is 0 Å². The standard InChI is InChI=1S/C20H20FN3OS/c1-4-10-23(11-5-2)19(25)18-12-17-14(3)22-24(20(17)26-18)13-15-6-8-16(21)9-7-15/h4-9,12H,1-2,10-11,13H2,3H3. The first kappa shape index (κ1) is 18.1. The van der Waals surface area contributed by atoms with Gasteiger partial charge in [0, 0.05) is 18.5 Å². The summed E-state index contributed by atoms with van der Waals surface area (Å²) in [6.45, 7) is 10.8. The maximum Gasteiger partial charge on any atom is 0.264 e. The molecule has 3 rings (SSSR count). The van der Waals surface area contributed by atoms with Crippen LogP contribution in [0.15, 0.2) is 55.6 Å². The van der Waals surface area contributed by atoms with Crippen molar-refractivity contribution >= 4 is 27.5 Å². The van der Waals surface area contributed by atoms with E-state index in [2.05, 4.69) is 18.3 Å². The highest BCUT2D eigenvalue weighted by Crippen LogP contribution is 2.29. The molecule has 0 saturated carbocycles. The molecule has 26 heavy (non-hydrogen) atoms. The molecule has 1 amide bonds. The highest BCUT2D eigenvalue weighted by Gasteiger charge is 2.20. The number of hydrogen-bond donors (Lipinski definition) is 0. The Morgan fingerprint density at radius 1 is 1.27 bits per heavy atom. The molecule has 0 spiro atoms. The van der Waals surface area contributed by atoms with Crippen molar-refractivity contribution in [3.63, 3.8) is 0 Å². The Kier molecular flexibility index (Phi) is 5.32. The van der Waals surface area contributed by atoms with Crippen LogP contribution in [0, 0.1) is 12.7 Å². The number of aromatic nitrogens is 2. The Balaban J connectivity index is 1.93. The van der Waals surface area contributed by atoms with Gasteiger partial charge in [-0.2, -0.15) is 5.10 Å². The number of rotatable bonds is 7. The number of benzene rings is 1. The first-order valence-electron chi connectivity index (χ1n) is 8.26. The number of fused-ring (bicyclic) bond motifs is 1. The van der Waals surface area contributed by atoms with Gasteiger partial charge in [-0.3, -0.25) is 9.48 Å². The molecule has 0 atom stereocenters. The maximum atomic E-state index is 13.1. The predicted molar refractivity (Wildman–Crippen MR) is 104 cm³/mol. The van der Waals surface area contributed by atoms with Gasteiger partial charge in [0.25, 0.3) is 5.91 Å². The van der Waals surface area contributed by atoms with E-state index in [0.717, 1.165) is 21.5 Å². The normalized spacial score (nSPS) is 10.8. The summed E-state index contributed by atoms with van der Waals surface area (Å²) in [5, 5.41) is 5.53. The molecular weight excluding hydrogens is 349 g/mol. The van der Waals surface area contributed by atoms with Crippen LogP contribution in [0.25, 0.3) is 10.2 Å². The zero-order valence-corrected chi connectivity index (χ0v) is 15.4. The van der Waals surface area contributed by atoms with Crippen molar-refractivity contribution in [2.24, 2.45) is 0 Å². The van der Waals surface area contributed by atoms with Gasteiger partial charge in [-0.25, -0.2) is 4.39 Å². The molecular formula is C20H20FN3OS. The number of carbonyl (C=O) groups is 1. The van der Waals surface area contributed by atoms with E-state index in [9.17, 15) is 9.18 Å². The van der Waals surface area contributed by atoms with Crippen molar-refractivity contribution < 1.29 is 9.18 Å². The largest absolute Gasteiger partial charge is 0.331 e. The fraction of sp³-hybridized carbons (Fsp3) is 0.200. The Hall–Kier alpha value is -2.73. The highest BCUT2D eigenvalue weighted by atomic mass is 32.1. The van der Waals surface area contributed by atoms with Crippen molar-refractivity contribution in [1.29, 1.82) is 0 Å². The lowest BCUT2D eigenvalue weighted by Gasteiger charge is -2.18. The summed E-state index contributed by atoms with van der Waals surface area (Å²) in [7, 11) is 0. The van der Waals surface area contributed by atoms with E-state index in [1.54, 1.807) is 29.2 Å². The van der Waals surface area contributed by atoms with Gasteiger partial charge in [-0.1, -0.05) is 24.3 Å². The van der Waals surface area contributed by atoms with Crippen LogP contribution < -0.4 is 0 Å². The van der Waals surface area contributed by atoms with Gasteiger partial charge < -0.3 is 4.90 Å². The van der Waals surface area contributed by atoms with Gasteiger partial charge in [-0.15, -0.1) is 24.5 Å². The second kappa shape index (κ2) is 7.66. The molecule has 4 nitrogen and oxygen atoms in total. The van der Waals surface area contributed by atoms with Crippen LogP contribution in [-0.2, 0) is 6.54 Å². The summed E-state index contributed by atoms with van der Waals surface area (Å²) in [5.74, 6) is -0.303. The fourth-order valence-corrected chi connectivity index (χ4v) is 3.92. The third-order valence-electron chi connectivity index (χ3n) is 4.05.